The van der Waals surface area contributed by atoms with E-state index in [0.29, 0.717) is 12.4 Å². The maximum atomic E-state index is 8.86. The topological polar surface area (TPSA) is 71.4 Å². The number of nitrogens with one attached hydrogen (secondary N) is 3. The van der Waals surface area contributed by atoms with Crippen LogP contribution in [0.2, 0.25) is 0 Å². The molecule has 0 fully saturated rings. The van der Waals surface area contributed by atoms with Crippen molar-refractivity contribution in [3.8, 4) is 0 Å². The second-order valence-corrected chi connectivity index (χ2v) is 8.01. The van der Waals surface area contributed by atoms with Crippen LogP contribution < -0.4 is 15.5 Å². The molecule has 130 valence electrons. The number of hydrogen-bond acceptors (Lipinski definition) is 6. The third kappa shape index (κ3) is 4.47. The van der Waals surface area contributed by atoms with Crippen LogP contribution in [0.5, 0.6) is 0 Å². The molecule has 0 radical (unpaired) electrons. The standard InChI is InChI=1S/C17H24N4OS2/c18-17(16-2-1-10-23-16)20-13-3-4-15-14(12-13)21(8-11-24-15)7-5-19-6-9-22/h1,3-4,10,12,16,19,22H,2,5-9,11H2,(H2,18,20). The summed E-state index contributed by atoms with van der Waals surface area (Å²) in [5.41, 5.74) is 2.23. The van der Waals surface area contributed by atoms with Crippen molar-refractivity contribution in [2.75, 3.05) is 48.8 Å². The van der Waals surface area contributed by atoms with Gasteiger partial charge in [-0.1, -0.05) is 6.08 Å². The summed E-state index contributed by atoms with van der Waals surface area (Å²) in [4.78, 5) is 3.69. The number of anilines is 2. The minimum atomic E-state index is 0.177. The first-order chi connectivity index (χ1) is 11.8. The summed E-state index contributed by atoms with van der Waals surface area (Å²) in [6.07, 6.45) is 3.05. The van der Waals surface area contributed by atoms with Gasteiger partial charge >= 0.3 is 0 Å². The van der Waals surface area contributed by atoms with Crippen LogP contribution in [-0.2, 0) is 0 Å². The largest absolute Gasteiger partial charge is 0.395 e. The fourth-order valence-electron chi connectivity index (χ4n) is 2.81. The van der Waals surface area contributed by atoms with E-state index in [9.17, 15) is 0 Å². The van der Waals surface area contributed by atoms with Crippen molar-refractivity contribution in [1.29, 1.82) is 5.41 Å². The molecule has 1 unspecified atom stereocenters. The molecule has 2 aliphatic rings. The smallest absolute Gasteiger partial charge is 0.112 e. The van der Waals surface area contributed by atoms with Crippen LogP contribution in [0.4, 0.5) is 11.4 Å². The molecule has 4 N–H and O–H groups in total. The van der Waals surface area contributed by atoms with E-state index >= 15 is 0 Å². The number of amidine groups is 1. The van der Waals surface area contributed by atoms with E-state index in [-0.39, 0.29) is 11.9 Å². The van der Waals surface area contributed by atoms with E-state index in [1.165, 1.54) is 10.6 Å². The third-order valence-electron chi connectivity index (χ3n) is 4.06. The fourth-order valence-corrected chi connectivity index (χ4v) is 4.67. The predicted octanol–water partition coefficient (Wildman–Crippen LogP) is 2.59. The molecule has 1 atom stereocenters. The molecule has 0 amide bonds. The average Bonchev–Trinajstić information content (AvgIpc) is 3.14. The van der Waals surface area contributed by atoms with Crippen LogP contribution >= 0.6 is 23.5 Å². The molecule has 0 spiro atoms. The van der Waals surface area contributed by atoms with Gasteiger partial charge in [0.05, 0.1) is 17.5 Å². The Labute approximate surface area is 151 Å². The number of hydrogen-bond donors (Lipinski definition) is 4. The highest BCUT2D eigenvalue weighted by Crippen LogP contribution is 2.36. The Hall–Kier alpha value is -1.15. The molecular weight excluding hydrogens is 340 g/mol. The lowest BCUT2D eigenvalue weighted by molar-refractivity contribution is 0.293. The Morgan fingerprint density at radius 1 is 1.38 bits per heavy atom. The molecule has 2 aliphatic heterocycles. The van der Waals surface area contributed by atoms with E-state index in [4.69, 9.17) is 10.5 Å². The summed E-state index contributed by atoms with van der Waals surface area (Å²) in [6.45, 7) is 3.64. The van der Waals surface area contributed by atoms with E-state index in [2.05, 4.69) is 45.2 Å². The first-order valence-corrected chi connectivity index (χ1v) is 10.2. The number of aliphatic hydroxyl groups is 1. The first-order valence-electron chi connectivity index (χ1n) is 8.27. The van der Waals surface area contributed by atoms with Gasteiger partial charge in [0.15, 0.2) is 0 Å². The summed E-state index contributed by atoms with van der Waals surface area (Å²) in [5, 5.41) is 25.9. The highest BCUT2D eigenvalue weighted by atomic mass is 32.2. The van der Waals surface area contributed by atoms with Crippen molar-refractivity contribution in [2.24, 2.45) is 0 Å². The van der Waals surface area contributed by atoms with E-state index in [1.54, 1.807) is 11.8 Å². The van der Waals surface area contributed by atoms with Crippen LogP contribution in [0.25, 0.3) is 0 Å². The summed E-state index contributed by atoms with van der Waals surface area (Å²) < 4.78 is 0. The van der Waals surface area contributed by atoms with Gasteiger partial charge < -0.3 is 20.6 Å². The molecule has 24 heavy (non-hydrogen) atoms. The molecular formula is C17H24N4OS2. The number of benzene rings is 1. The van der Waals surface area contributed by atoms with Crippen molar-refractivity contribution >= 4 is 40.7 Å². The molecule has 1 aromatic rings. The zero-order valence-corrected chi connectivity index (χ0v) is 15.3. The van der Waals surface area contributed by atoms with Crippen molar-refractivity contribution in [2.45, 2.75) is 16.6 Å². The first kappa shape index (κ1) is 17.7. The molecule has 7 heteroatoms. The molecule has 0 bridgehead atoms. The molecule has 0 saturated heterocycles. The van der Waals surface area contributed by atoms with Gasteiger partial charge in [-0.25, -0.2) is 0 Å². The maximum Gasteiger partial charge on any atom is 0.112 e. The summed E-state index contributed by atoms with van der Waals surface area (Å²) >= 11 is 3.60. The monoisotopic (exact) mass is 364 g/mol. The van der Waals surface area contributed by atoms with Crippen molar-refractivity contribution in [3.63, 3.8) is 0 Å². The number of fused-ring (bicyclic) bond motifs is 1. The van der Waals surface area contributed by atoms with Gasteiger partial charge in [-0.05, 0) is 30.0 Å². The Morgan fingerprint density at radius 3 is 3.08 bits per heavy atom. The lowest BCUT2D eigenvalue weighted by Gasteiger charge is -2.31. The lowest BCUT2D eigenvalue weighted by Crippen LogP contribution is -2.36. The number of allylic oxidation sites excluding steroid dienone is 1. The van der Waals surface area contributed by atoms with Crippen molar-refractivity contribution in [3.05, 3.63) is 29.7 Å². The van der Waals surface area contributed by atoms with Gasteiger partial charge in [0.1, 0.15) is 5.84 Å². The van der Waals surface area contributed by atoms with Gasteiger partial charge in [-0.15, -0.1) is 23.5 Å². The molecule has 0 aromatic heterocycles. The molecule has 5 nitrogen and oxygen atoms in total. The summed E-state index contributed by atoms with van der Waals surface area (Å²) in [7, 11) is 0. The average molecular weight is 365 g/mol. The predicted molar refractivity (Wildman–Crippen MR) is 106 cm³/mol. The lowest BCUT2D eigenvalue weighted by atomic mass is 10.2. The van der Waals surface area contributed by atoms with Crippen LogP contribution in [0.1, 0.15) is 6.42 Å². The number of aliphatic hydroxyl groups excluding tert-OH is 1. The SMILES string of the molecule is N=C(Nc1ccc2c(c1)N(CCNCCO)CCS2)C1CC=CS1. The normalized spacial score (nSPS) is 19.4. The number of thioether (sulfide) groups is 2. The quantitative estimate of drug-likeness (QED) is 0.339. The van der Waals surface area contributed by atoms with Gasteiger partial charge in [-0.3, -0.25) is 5.41 Å². The van der Waals surface area contributed by atoms with Gasteiger partial charge in [0.2, 0.25) is 0 Å². The second-order valence-electron chi connectivity index (χ2n) is 5.76. The molecule has 2 heterocycles. The zero-order chi connectivity index (χ0) is 16.8. The van der Waals surface area contributed by atoms with Crippen LogP contribution in [-0.4, -0.2) is 54.7 Å². The van der Waals surface area contributed by atoms with E-state index in [1.807, 2.05) is 11.8 Å². The minimum Gasteiger partial charge on any atom is -0.395 e. The van der Waals surface area contributed by atoms with Crippen LogP contribution in [0, 0.1) is 5.41 Å². The van der Waals surface area contributed by atoms with Crippen molar-refractivity contribution in [1.82, 2.24) is 5.32 Å². The van der Waals surface area contributed by atoms with Gasteiger partial charge in [0, 0.05) is 42.5 Å². The maximum absolute atomic E-state index is 8.86. The Morgan fingerprint density at radius 2 is 2.29 bits per heavy atom. The summed E-state index contributed by atoms with van der Waals surface area (Å²) in [5.74, 6) is 1.67. The fraction of sp³-hybridized carbons (Fsp3) is 0.471. The Bertz CT molecular complexity index is 600. The Balaban J connectivity index is 1.64. The highest BCUT2D eigenvalue weighted by molar-refractivity contribution is 8.03. The second kappa shape index (κ2) is 8.80. The third-order valence-corrected chi connectivity index (χ3v) is 6.20. The minimum absolute atomic E-state index is 0.177. The molecule has 3 rings (SSSR count). The van der Waals surface area contributed by atoms with Crippen LogP contribution in [0.3, 0.4) is 0 Å². The van der Waals surface area contributed by atoms with Gasteiger partial charge in [0.25, 0.3) is 0 Å². The highest BCUT2D eigenvalue weighted by Gasteiger charge is 2.20. The summed E-state index contributed by atoms with van der Waals surface area (Å²) in [6, 6.07) is 6.39. The molecule has 0 saturated carbocycles. The van der Waals surface area contributed by atoms with Crippen LogP contribution in [0.15, 0.2) is 34.6 Å². The zero-order valence-electron chi connectivity index (χ0n) is 13.6. The van der Waals surface area contributed by atoms with E-state index < -0.39 is 0 Å². The van der Waals surface area contributed by atoms with E-state index in [0.717, 1.165) is 37.5 Å². The number of nitrogens with zero attached hydrogens (tertiary/aromatic N) is 1. The number of rotatable bonds is 7. The molecule has 0 aliphatic carbocycles. The van der Waals surface area contributed by atoms with Crippen molar-refractivity contribution < 1.29 is 5.11 Å². The molecule has 1 aromatic carbocycles. The van der Waals surface area contributed by atoms with Gasteiger partial charge in [-0.2, -0.15) is 0 Å². The Kier molecular flexibility index (Phi) is 6.48.